The first-order valence-corrected chi connectivity index (χ1v) is 10.4. The molecule has 2 aromatic rings. The Balaban J connectivity index is 1.77. The Kier molecular flexibility index (Phi) is 6.19. The topological polar surface area (TPSA) is 99.2 Å². The highest BCUT2D eigenvalue weighted by atomic mass is 32.2. The first kappa shape index (κ1) is 20.8. The van der Waals surface area contributed by atoms with Gasteiger partial charge in [0.05, 0.1) is 30.2 Å². The van der Waals surface area contributed by atoms with Crippen molar-refractivity contribution in [1.29, 1.82) is 0 Å². The van der Waals surface area contributed by atoms with Crippen LogP contribution in [0.5, 0.6) is 11.5 Å². The molecule has 0 N–H and O–H groups in total. The van der Waals surface area contributed by atoms with E-state index < -0.39 is 22.0 Å². The van der Waals surface area contributed by atoms with Crippen LogP contribution in [-0.2, 0) is 14.8 Å². The van der Waals surface area contributed by atoms with Gasteiger partial charge in [0, 0.05) is 13.1 Å². The maximum atomic E-state index is 12.6. The van der Waals surface area contributed by atoms with Crippen LogP contribution in [0.1, 0.15) is 33.6 Å². The third kappa shape index (κ3) is 4.41. The Labute approximate surface area is 169 Å². The lowest BCUT2D eigenvalue weighted by Crippen LogP contribution is -2.27. The average molecular weight is 419 g/mol. The number of methoxy groups -OCH3 is 2. The summed E-state index contributed by atoms with van der Waals surface area (Å²) in [4.78, 5) is 24.2. The van der Waals surface area contributed by atoms with Gasteiger partial charge in [-0.1, -0.05) is 0 Å². The molecule has 154 valence electrons. The van der Waals surface area contributed by atoms with E-state index in [0.29, 0.717) is 13.1 Å². The first-order chi connectivity index (χ1) is 13.9. The lowest BCUT2D eigenvalue weighted by Gasteiger charge is -2.15. The van der Waals surface area contributed by atoms with Crippen LogP contribution in [-0.4, -0.2) is 52.0 Å². The second-order valence-corrected chi connectivity index (χ2v) is 8.32. The summed E-state index contributed by atoms with van der Waals surface area (Å²) in [6.07, 6.45) is 1.69. The van der Waals surface area contributed by atoms with E-state index in [0.717, 1.165) is 12.8 Å². The van der Waals surface area contributed by atoms with Gasteiger partial charge in [-0.05, 0) is 55.3 Å². The minimum Gasteiger partial charge on any atom is -0.493 e. The molecule has 0 bridgehead atoms. The van der Waals surface area contributed by atoms with Crippen LogP contribution in [0.2, 0.25) is 0 Å². The number of nitrogens with zero attached hydrogens (tertiary/aromatic N) is 1. The molecule has 1 heterocycles. The fourth-order valence-corrected chi connectivity index (χ4v) is 4.51. The summed E-state index contributed by atoms with van der Waals surface area (Å²) < 4.78 is 41.7. The Morgan fingerprint density at radius 3 is 2.07 bits per heavy atom. The standard InChI is InChI=1S/C20H21NO7S/c1-26-18-13-15(19(22)27-2)7-10-17(18)28-20(23)14-5-8-16(9-6-14)29(24,25)21-11-3-4-12-21/h5-10,13H,3-4,11-12H2,1-2H3. The molecule has 8 nitrogen and oxygen atoms in total. The summed E-state index contributed by atoms with van der Waals surface area (Å²) in [7, 11) is -0.908. The number of hydrogen-bond donors (Lipinski definition) is 0. The molecular weight excluding hydrogens is 398 g/mol. The van der Waals surface area contributed by atoms with Crippen LogP contribution in [0.4, 0.5) is 0 Å². The van der Waals surface area contributed by atoms with Crippen LogP contribution < -0.4 is 9.47 Å². The highest BCUT2D eigenvalue weighted by Crippen LogP contribution is 2.29. The van der Waals surface area contributed by atoms with Gasteiger partial charge in [-0.25, -0.2) is 18.0 Å². The molecule has 0 unspecified atom stereocenters. The normalized spacial score (nSPS) is 14.4. The van der Waals surface area contributed by atoms with Crippen LogP contribution in [0.25, 0.3) is 0 Å². The van der Waals surface area contributed by atoms with Crippen molar-refractivity contribution in [1.82, 2.24) is 4.31 Å². The summed E-state index contributed by atoms with van der Waals surface area (Å²) in [5, 5.41) is 0. The van der Waals surface area contributed by atoms with Gasteiger partial charge >= 0.3 is 11.9 Å². The van der Waals surface area contributed by atoms with Gasteiger partial charge in [0.1, 0.15) is 0 Å². The van der Waals surface area contributed by atoms with Gasteiger partial charge < -0.3 is 14.2 Å². The number of carbonyl (C=O) groups excluding carboxylic acids is 2. The second-order valence-electron chi connectivity index (χ2n) is 6.38. The van der Waals surface area contributed by atoms with Crippen molar-refractivity contribution in [2.45, 2.75) is 17.7 Å². The molecule has 0 aromatic heterocycles. The molecule has 1 fully saturated rings. The number of ether oxygens (including phenoxy) is 3. The van der Waals surface area contributed by atoms with Crippen molar-refractivity contribution < 1.29 is 32.2 Å². The molecule has 0 saturated carbocycles. The largest absolute Gasteiger partial charge is 0.493 e. The molecule has 0 aliphatic carbocycles. The van der Waals surface area contributed by atoms with Crippen molar-refractivity contribution in [3.8, 4) is 11.5 Å². The number of benzene rings is 2. The first-order valence-electron chi connectivity index (χ1n) is 8.95. The van der Waals surface area contributed by atoms with Gasteiger partial charge in [-0.2, -0.15) is 4.31 Å². The molecule has 0 amide bonds. The molecule has 1 aliphatic rings. The van der Waals surface area contributed by atoms with Crippen molar-refractivity contribution in [2.24, 2.45) is 0 Å². The smallest absolute Gasteiger partial charge is 0.343 e. The van der Waals surface area contributed by atoms with Crippen molar-refractivity contribution in [3.63, 3.8) is 0 Å². The Morgan fingerprint density at radius 1 is 0.862 bits per heavy atom. The molecule has 2 aromatic carbocycles. The predicted octanol–water partition coefficient (Wildman–Crippen LogP) is 2.49. The summed E-state index contributed by atoms with van der Waals surface area (Å²) in [5.41, 5.74) is 0.435. The Bertz CT molecular complexity index is 1010. The molecule has 0 radical (unpaired) electrons. The predicted molar refractivity (Wildman–Crippen MR) is 104 cm³/mol. The summed E-state index contributed by atoms with van der Waals surface area (Å²) in [6.45, 7) is 1.01. The number of hydrogen-bond acceptors (Lipinski definition) is 7. The maximum absolute atomic E-state index is 12.6. The zero-order valence-corrected chi connectivity index (χ0v) is 16.9. The number of carbonyl (C=O) groups is 2. The molecule has 29 heavy (non-hydrogen) atoms. The van der Waals surface area contributed by atoms with Gasteiger partial charge in [0.15, 0.2) is 11.5 Å². The summed E-state index contributed by atoms with van der Waals surface area (Å²) in [5.74, 6) is -0.913. The number of esters is 2. The molecule has 3 rings (SSSR count). The van der Waals surface area contributed by atoms with E-state index in [1.807, 2.05) is 0 Å². The fraction of sp³-hybridized carbons (Fsp3) is 0.300. The fourth-order valence-electron chi connectivity index (χ4n) is 3.00. The highest BCUT2D eigenvalue weighted by molar-refractivity contribution is 7.89. The number of sulfonamides is 1. The molecule has 9 heteroatoms. The minimum atomic E-state index is -3.55. The molecule has 0 spiro atoms. The van der Waals surface area contributed by atoms with E-state index in [-0.39, 0.29) is 27.5 Å². The van der Waals surface area contributed by atoms with Gasteiger partial charge in [0.25, 0.3) is 0 Å². The maximum Gasteiger partial charge on any atom is 0.343 e. The van der Waals surface area contributed by atoms with Crippen LogP contribution in [0.3, 0.4) is 0 Å². The van der Waals surface area contributed by atoms with E-state index in [1.165, 1.54) is 61.0 Å². The average Bonchev–Trinajstić information content (AvgIpc) is 3.29. The quantitative estimate of drug-likeness (QED) is 0.524. The van der Waals surface area contributed by atoms with Crippen molar-refractivity contribution in [2.75, 3.05) is 27.3 Å². The van der Waals surface area contributed by atoms with E-state index in [2.05, 4.69) is 4.74 Å². The Hall–Kier alpha value is -2.91. The molecule has 1 aliphatic heterocycles. The zero-order chi connectivity index (χ0) is 21.0. The molecule has 1 saturated heterocycles. The van der Waals surface area contributed by atoms with Gasteiger partial charge in [-0.3, -0.25) is 0 Å². The van der Waals surface area contributed by atoms with E-state index in [9.17, 15) is 18.0 Å². The highest BCUT2D eigenvalue weighted by Gasteiger charge is 2.27. The van der Waals surface area contributed by atoms with Crippen LogP contribution >= 0.6 is 0 Å². The van der Waals surface area contributed by atoms with Gasteiger partial charge in [-0.15, -0.1) is 0 Å². The zero-order valence-electron chi connectivity index (χ0n) is 16.1. The van der Waals surface area contributed by atoms with Crippen LogP contribution in [0, 0.1) is 0 Å². The van der Waals surface area contributed by atoms with Crippen molar-refractivity contribution in [3.05, 3.63) is 53.6 Å². The van der Waals surface area contributed by atoms with E-state index in [1.54, 1.807) is 0 Å². The third-order valence-corrected chi connectivity index (χ3v) is 6.49. The monoisotopic (exact) mass is 419 g/mol. The molecule has 0 atom stereocenters. The van der Waals surface area contributed by atoms with Gasteiger partial charge in [0.2, 0.25) is 10.0 Å². The Morgan fingerprint density at radius 2 is 1.48 bits per heavy atom. The van der Waals surface area contributed by atoms with E-state index >= 15 is 0 Å². The second kappa shape index (κ2) is 8.62. The molecular formula is C20H21NO7S. The number of rotatable bonds is 6. The third-order valence-electron chi connectivity index (χ3n) is 4.58. The lowest BCUT2D eigenvalue weighted by molar-refractivity contribution is 0.0600. The SMILES string of the molecule is COC(=O)c1ccc(OC(=O)c2ccc(S(=O)(=O)N3CCCC3)cc2)c(OC)c1. The van der Waals surface area contributed by atoms with Crippen LogP contribution in [0.15, 0.2) is 47.4 Å². The lowest BCUT2D eigenvalue weighted by atomic mass is 10.2. The van der Waals surface area contributed by atoms with E-state index in [4.69, 9.17) is 9.47 Å². The summed E-state index contributed by atoms with van der Waals surface area (Å²) in [6, 6.07) is 9.86. The minimum absolute atomic E-state index is 0.124. The summed E-state index contributed by atoms with van der Waals surface area (Å²) >= 11 is 0. The van der Waals surface area contributed by atoms with Crippen molar-refractivity contribution >= 4 is 22.0 Å².